The molecule has 1 aliphatic carbocycles. The highest BCUT2D eigenvalue weighted by Crippen LogP contribution is 2.37. The number of halogens is 1. The first-order chi connectivity index (χ1) is 11.6. The topological polar surface area (TPSA) is 70.9 Å². The molecule has 1 amide bonds. The molecule has 0 bridgehead atoms. The van der Waals surface area contributed by atoms with E-state index in [1.807, 2.05) is 0 Å². The lowest BCUT2D eigenvalue weighted by Crippen LogP contribution is -2.22. The predicted octanol–water partition coefficient (Wildman–Crippen LogP) is 4.06. The fourth-order valence-corrected chi connectivity index (χ4v) is 4.20. The molecule has 2 N–H and O–H groups in total. The summed E-state index contributed by atoms with van der Waals surface area (Å²) in [7, 11) is 1.49. The van der Waals surface area contributed by atoms with Gasteiger partial charge in [0.2, 0.25) is 0 Å². The Morgan fingerprint density at radius 2 is 2.12 bits per heavy atom. The summed E-state index contributed by atoms with van der Waals surface area (Å²) in [5.41, 5.74) is 0.526. The van der Waals surface area contributed by atoms with E-state index < -0.39 is 0 Å². The number of ether oxygens (including phenoxy) is 1. The van der Waals surface area contributed by atoms with E-state index in [4.69, 9.17) is 4.74 Å². The molecule has 1 aliphatic heterocycles. The molecule has 1 saturated carbocycles. The van der Waals surface area contributed by atoms with Crippen molar-refractivity contribution in [2.75, 3.05) is 7.11 Å². The van der Waals surface area contributed by atoms with E-state index in [2.05, 4.69) is 26.2 Å². The summed E-state index contributed by atoms with van der Waals surface area (Å²) in [5, 5.41) is 13.7. The lowest BCUT2D eigenvalue weighted by Gasteiger charge is -2.17. The second-order valence-electron chi connectivity index (χ2n) is 5.84. The smallest absolute Gasteiger partial charge is 0.264 e. The van der Waals surface area contributed by atoms with Gasteiger partial charge >= 0.3 is 0 Å². The van der Waals surface area contributed by atoms with Crippen LogP contribution in [0.1, 0.15) is 37.7 Å². The molecule has 2 fully saturated rings. The quantitative estimate of drug-likeness (QED) is 0.737. The van der Waals surface area contributed by atoms with Gasteiger partial charge in [-0.1, -0.05) is 35.2 Å². The van der Waals surface area contributed by atoms with Crippen molar-refractivity contribution in [3.8, 4) is 11.5 Å². The fourth-order valence-electron chi connectivity index (χ4n) is 2.87. The molecule has 1 saturated heterocycles. The van der Waals surface area contributed by atoms with Crippen molar-refractivity contribution in [1.29, 1.82) is 0 Å². The molecular weight excluding hydrogens is 392 g/mol. The van der Waals surface area contributed by atoms with Gasteiger partial charge in [0.25, 0.3) is 5.91 Å². The number of benzene rings is 1. The minimum absolute atomic E-state index is 0.0132. The van der Waals surface area contributed by atoms with Gasteiger partial charge in [-0.3, -0.25) is 9.79 Å². The third-order valence-corrected chi connectivity index (χ3v) is 5.48. The SMILES string of the molecule is COc1cc(Br)cc(C=C2SC(=NC3CCCCC3)NC2=O)c1O. The van der Waals surface area contributed by atoms with Crippen molar-refractivity contribution in [3.05, 3.63) is 27.1 Å². The van der Waals surface area contributed by atoms with Gasteiger partial charge in [-0.2, -0.15) is 0 Å². The molecular formula is C17H19BrN2O3S. The maximum absolute atomic E-state index is 12.2. The van der Waals surface area contributed by atoms with Crippen LogP contribution in [0, 0.1) is 0 Å². The minimum Gasteiger partial charge on any atom is -0.504 e. The standard InChI is InChI=1S/C17H19BrN2O3S/c1-23-13-9-11(18)7-10(15(13)21)8-14-16(22)20-17(24-14)19-12-5-3-2-4-6-12/h7-9,12,21H,2-6H2,1H3,(H,19,20,22). The number of rotatable bonds is 3. The van der Waals surface area contributed by atoms with Gasteiger partial charge in [0.1, 0.15) is 0 Å². The summed E-state index contributed by atoms with van der Waals surface area (Å²) < 4.78 is 5.91. The molecule has 128 valence electrons. The third-order valence-electron chi connectivity index (χ3n) is 4.10. The minimum atomic E-state index is -0.187. The number of hydrogen-bond acceptors (Lipinski definition) is 5. The van der Waals surface area contributed by atoms with Crippen molar-refractivity contribution < 1.29 is 14.6 Å². The first-order valence-electron chi connectivity index (χ1n) is 7.92. The number of amides is 1. The average molecular weight is 411 g/mol. The zero-order valence-electron chi connectivity index (χ0n) is 13.3. The van der Waals surface area contributed by atoms with Crippen LogP contribution in [0.4, 0.5) is 0 Å². The van der Waals surface area contributed by atoms with Gasteiger partial charge in [0, 0.05) is 10.0 Å². The van der Waals surface area contributed by atoms with Crippen LogP contribution in [0.25, 0.3) is 6.08 Å². The molecule has 7 heteroatoms. The molecule has 0 unspecified atom stereocenters. The molecule has 0 spiro atoms. The maximum Gasteiger partial charge on any atom is 0.264 e. The van der Waals surface area contributed by atoms with E-state index in [0.717, 1.165) is 17.3 Å². The number of phenolic OH excluding ortho intramolecular Hbond substituents is 1. The van der Waals surface area contributed by atoms with E-state index in [-0.39, 0.29) is 11.7 Å². The van der Waals surface area contributed by atoms with Crippen molar-refractivity contribution >= 4 is 44.8 Å². The Hall–Kier alpha value is -1.47. The number of aliphatic imine (C=N–C) groups is 1. The second kappa shape index (κ2) is 7.61. The van der Waals surface area contributed by atoms with E-state index >= 15 is 0 Å². The van der Waals surface area contributed by atoms with Crippen LogP contribution in [0.15, 0.2) is 26.5 Å². The first-order valence-corrected chi connectivity index (χ1v) is 9.53. The fraction of sp³-hybridized carbons (Fsp3) is 0.412. The first kappa shape index (κ1) is 17.4. The Morgan fingerprint density at radius 1 is 1.38 bits per heavy atom. The average Bonchev–Trinajstić information content (AvgIpc) is 2.91. The third kappa shape index (κ3) is 3.95. The van der Waals surface area contributed by atoms with Crippen molar-refractivity contribution in [3.63, 3.8) is 0 Å². The highest BCUT2D eigenvalue weighted by atomic mass is 79.9. The molecule has 1 aromatic carbocycles. The number of methoxy groups -OCH3 is 1. The Kier molecular flexibility index (Phi) is 5.50. The van der Waals surface area contributed by atoms with Gasteiger partial charge in [-0.15, -0.1) is 0 Å². The van der Waals surface area contributed by atoms with Gasteiger partial charge < -0.3 is 15.2 Å². The van der Waals surface area contributed by atoms with Crippen LogP contribution in [0.5, 0.6) is 11.5 Å². The molecule has 5 nitrogen and oxygen atoms in total. The van der Waals surface area contributed by atoms with Gasteiger partial charge in [0.15, 0.2) is 16.7 Å². The summed E-state index contributed by atoms with van der Waals surface area (Å²) in [5.74, 6) is 0.183. The number of thioether (sulfide) groups is 1. The summed E-state index contributed by atoms with van der Waals surface area (Å²) in [4.78, 5) is 17.4. The highest BCUT2D eigenvalue weighted by Gasteiger charge is 2.26. The monoisotopic (exact) mass is 410 g/mol. The van der Waals surface area contributed by atoms with E-state index in [0.29, 0.717) is 27.4 Å². The number of aromatic hydroxyl groups is 1. The number of amidine groups is 1. The Labute approximate surface area is 153 Å². The van der Waals surface area contributed by atoms with Gasteiger partial charge in [-0.25, -0.2) is 0 Å². The number of phenols is 1. The van der Waals surface area contributed by atoms with E-state index in [9.17, 15) is 9.90 Å². The van der Waals surface area contributed by atoms with Crippen molar-refractivity contribution in [1.82, 2.24) is 5.32 Å². The summed E-state index contributed by atoms with van der Waals surface area (Å²) in [6.45, 7) is 0. The number of hydrogen-bond donors (Lipinski definition) is 2. The zero-order chi connectivity index (χ0) is 17.1. The largest absolute Gasteiger partial charge is 0.504 e. The molecule has 24 heavy (non-hydrogen) atoms. The molecule has 3 rings (SSSR count). The van der Waals surface area contributed by atoms with E-state index in [1.54, 1.807) is 18.2 Å². The highest BCUT2D eigenvalue weighted by molar-refractivity contribution is 9.10. The summed E-state index contributed by atoms with van der Waals surface area (Å²) in [6, 6.07) is 3.73. The van der Waals surface area contributed by atoms with Crippen molar-refractivity contribution in [2.45, 2.75) is 38.1 Å². The summed E-state index contributed by atoms with van der Waals surface area (Å²) >= 11 is 4.70. The van der Waals surface area contributed by atoms with E-state index in [1.165, 1.54) is 38.1 Å². The van der Waals surface area contributed by atoms with Crippen LogP contribution in [0.2, 0.25) is 0 Å². The normalized spacial score (nSPS) is 22.2. The van der Waals surface area contributed by atoms with Crippen LogP contribution in [-0.4, -0.2) is 29.3 Å². The van der Waals surface area contributed by atoms with Crippen molar-refractivity contribution in [2.24, 2.45) is 4.99 Å². The number of carbonyl (C=O) groups is 1. The molecule has 1 heterocycles. The molecule has 2 aliphatic rings. The summed E-state index contributed by atoms with van der Waals surface area (Å²) in [6.07, 6.45) is 7.51. The number of nitrogens with zero attached hydrogens (tertiary/aromatic N) is 1. The number of carbonyl (C=O) groups excluding carboxylic acids is 1. The molecule has 1 aromatic rings. The maximum atomic E-state index is 12.2. The molecule has 0 atom stereocenters. The zero-order valence-corrected chi connectivity index (χ0v) is 15.7. The lowest BCUT2D eigenvalue weighted by molar-refractivity contribution is -0.115. The molecule has 0 aromatic heterocycles. The lowest BCUT2D eigenvalue weighted by atomic mass is 9.96. The van der Waals surface area contributed by atoms with Gasteiger partial charge in [0.05, 0.1) is 18.1 Å². The van der Waals surface area contributed by atoms with Crippen LogP contribution in [-0.2, 0) is 4.79 Å². The Bertz CT molecular complexity index is 712. The van der Waals surface area contributed by atoms with Gasteiger partial charge in [-0.05, 0) is 42.8 Å². The van der Waals surface area contributed by atoms with Crippen LogP contribution >= 0.6 is 27.7 Å². The molecule has 0 radical (unpaired) electrons. The predicted molar refractivity (Wildman–Crippen MR) is 100 cm³/mol. The number of nitrogens with one attached hydrogen (secondary N) is 1. The van der Waals surface area contributed by atoms with Crippen LogP contribution in [0.3, 0.4) is 0 Å². The Balaban J connectivity index is 1.82. The second-order valence-corrected chi connectivity index (χ2v) is 7.78. The van der Waals surface area contributed by atoms with Crippen LogP contribution < -0.4 is 10.1 Å². The Morgan fingerprint density at radius 3 is 2.83 bits per heavy atom.